The van der Waals surface area contributed by atoms with Crippen LogP contribution in [0.4, 0.5) is 4.79 Å². The van der Waals surface area contributed by atoms with E-state index in [-0.39, 0.29) is 6.03 Å². The Morgan fingerprint density at radius 2 is 1.77 bits per heavy atom. The number of thioether (sulfide) groups is 1. The van der Waals surface area contributed by atoms with Crippen molar-refractivity contribution in [1.82, 2.24) is 10.6 Å². The Morgan fingerprint density at radius 3 is 2.55 bits per heavy atom. The van der Waals surface area contributed by atoms with E-state index in [0.717, 1.165) is 12.3 Å². The molecule has 0 aromatic rings. The third kappa shape index (κ3) is 6.03. The van der Waals surface area contributed by atoms with Gasteiger partial charge in [-0.25, -0.2) is 4.79 Å². The summed E-state index contributed by atoms with van der Waals surface area (Å²) < 4.78 is 0. The molecule has 0 aromatic carbocycles. The van der Waals surface area contributed by atoms with Crippen LogP contribution >= 0.6 is 11.8 Å². The summed E-state index contributed by atoms with van der Waals surface area (Å²) in [5.41, 5.74) is 5.48. The van der Waals surface area contributed by atoms with Crippen LogP contribution in [-0.4, -0.2) is 42.9 Å². The van der Waals surface area contributed by atoms with Gasteiger partial charge in [-0.05, 0) is 19.4 Å². The molecule has 2 rings (SSSR count). The Labute approximate surface area is 140 Å². The topological polar surface area (TPSA) is 67.1 Å². The summed E-state index contributed by atoms with van der Waals surface area (Å²) in [6.07, 6.45) is 12.8. The lowest BCUT2D eigenvalue weighted by atomic mass is 9.68. The third-order valence-electron chi connectivity index (χ3n) is 4.70. The number of rotatable bonds is 12. The summed E-state index contributed by atoms with van der Waals surface area (Å²) in [7, 11) is 2.46. The lowest BCUT2D eigenvalue weighted by molar-refractivity contribution is 0.247. The Kier molecular flexibility index (Phi) is 8.53. The minimum absolute atomic E-state index is 0.0290. The first kappa shape index (κ1) is 18.0. The molecule has 0 unspecified atom stereocenters. The minimum atomic E-state index is 0.0290. The highest BCUT2D eigenvalue weighted by atomic mass is 32.2. The molecule has 0 saturated carbocycles. The molecule has 2 saturated heterocycles. The first-order valence-corrected chi connectivity index (χ1v) is 10.1. The van der Waals surface area contributed by atoms with Crippen LogP contribution in [0.1, 0.15) is 51.4 Å². The number of unbranched alkanes of at least 4 members (excludes halogenated alkanes) is 5. The van der Waals surface area contributed by atoms with Crippen LogP contribution in [0.25, 0.3) is 0 Å². The first-order valence-electron chi connectivity index (χ1n) is 9.01. The van der Waals surface area contributed by atoms with Crippen LogP contribution in [0, 0.1) is 0 Å². The number of hydrogen-bond donors (Lipinski definition) is 3. The van der Waals surface area contributed by atoms with Gasteiger partial charge in [0, 0.05) is 11.0 Å². The molecule has 2 amide bonds. The number of amides is 2. The maximum atomic E-state index is 11.3. The maximum absolute atomic E-state index is 11.3. The van der Waals surface area contributed by atoms with E-state index in [1.54, 1.807) is 0 Å². The molecule has 2 fully saturated rings. The number of carbonyl (C=O) groups is 1. The van der Waals surface area contributed by atoms with Gasteiger partial charge in [-0.3, -0.25) is 0 Å². The Morgan fingerprint density at radius 1 is 1.05 bits per heavy atom. The Balaban J connectivity index is 1.38. The summed E-state index contributed by atoms with van der Waals surface area (Å²) in [4.78, 5) is 11.3. The molecule has 0 aromatic heterocycles. The Hall–Kier alpha value is -0.355. The van der Waals surface area contributed by atoms with Gasteiger partial charge in [-0.1, -0.05) is 51.2 Å². The minimum Gasteiger partial charge on any atom is -0.332 e. The van der Waals surface area contributed by atoms with Gasteiger partial charge in [-0.2, -0.15) is 11.8 Å². The van der Waals surface area contributed by atoms with Crippen molar-refractivity contribution in [3.63, 3.8) is 0 Å². The number of nitrogens with one attached hydrogen (secondary N) is 2. The van der Waals surface area contributed by atoms with Crippen molar-refractivity contribution in [2.24, 2.45) is 5.73 Å². The zero-order valence-corrected chi connectivity index (χ0v) is 14.5. The fourth-order valence-corrected chi connectivity index (χ4v) is 4.93. The number of hydrogen-bond acceptors (Lipinski definition) is 3. The summed E-state index contributed by atoms with van der Waals surface area (Å²) in [6, 6.07) is 0.772. The predicted molar refractivity (Wildman–Crippen MR) is 96.8 cm³/mol. The number of nitrogens with two attached hydrogens (primary N) is 1. The smallest absolute Gasteiger partial charge is 0.315 e. The van der Waals surface area contributed by atoms with E-state index in [1.165, 1.54) is 64.0 Å². The van der Waals surface area contributed by atoms with Crippen molar-refractivity contribution in [3.8, 4) is 0 Å². The van der Waals surface area contributed by atoms with Crippen LogP contribution in [-0.2, 0) is 0 Å². The molecule has 0 bridgehead atoms. The fourth-order valence-electron chi connectivity index (χ4n) is 3.38. The van der Waals surface area contributed by atoms with Gasteiger partial charge in [0.2, 0.25) is 0 Å². The molecule has 4 nitrogen and oxygen atoms in total. The van der Waals surface area contributed by atoms with E-state index in [9.17, 15) is 4.79 Å². The quantitative estimate of drug-likeness (QED) is 0.294. The van der Waals surface area contributed by atoms with Crippen molar-refractivity contribution in [2.75, 3.05) is 12.3 Å². The lowest BCUT2D eigenvalue weighted by Crippen LogP contribution is -2.36. The van der Waals surface area contributed by atoms with Gasteiger partial charge in [0.05, 0.1) is 12.1 Å². The molecule has 4 N–H and O–H groups in total. The van der Waals surface area contributed by atoms with Crippen molar-refractivity contribution in [2.45, 2.75) is 81.3 Å². The van der Waals surface area contributed by atoms with Gasteiger partial charge < -0.3 is 16.4 Å². The zero-order chi connectivity index (χ0) is 15.6. The molecule has 3 atom stereocenters. The summed E-state index contributed by atoms with van der Waals surface area (Å²) in [6.45, 7) is 0.838. The van der Waals surface area contributed by atoms with E-state index < -0.39 is 0 Å². The normalized spacial score (nSPS) is 26.6. The summed E-state index contributed by atoms with van der Waals surface area (Å²) in [5.74, 6) is 1.08. The standard InChI is InChI=1S/C16H31BN3OS/c18-11-7-2-1-5-9-17-10-6-3-4-8-14-15-13(12-22-14)19-16(21)20-15/h13-15H,1-12,18H2,(H2,19,20,21)/t13-,14-,15-/m0/s1. The van der Waals surface area contributed by atoms with Crippen LogP contribution in [0.15, 0.2) is 0 Å². The van der Waals surface area contributed by atoms with Crippen LogP contribution in [0.5, 0.6) is 0 Å². The number of carbonyl (C=O) groups excluding carboxylic acids is 1. The molecule has 0 aliphatic carbocycles. The van der Waals surface area contributed by atoms with E-state index in [4.69, 9.17) is 5.73 Å². The number of urea groups is 1. The SMILES string of the molecule is NCCCCCC[B]CCCCC[C@@H]1SC[C@@H]2NC(=O)N[C@@H]21. The van der Waals surface area contributed by atoms with E-state index in [0.29, 0.717) is 17.3 Å². The van der Waals surface area contributed by atoms with Gasteiger partial charge in [-0.15, -0.1) is 0 Å². The van der Waals surface area contributed by atoms with E-state index in [1.807, 2.05) is 11.8 Å². The first-order chi connectivity index (χ1) is 10.8. The number of fused-ring (bicyclic) bond motifs is 1. The molecule has 22 heavy (non-hydrogen) atoms. The molecule has 2 heterocycles. The molecule has 1 radical (unpaired) electrons. The van der Waals surface area contributed by atoms with E-state index in [2.05, 4.69) is 17.9 Å². The molecular weight excluding hydrogens is 293 g/mol. The second-order valence-electron chi connectivity index (χ2n) is 6.54. The zero-order valence-electron chi connectivity index (χ0n) is 13.7. The summed E-state index contributed by atoms with van der Waals surface area (Å²) >= 11 is 2.02. The lowest BCUT2D eigenvalue weighted by Gasteiger charge is -2.16. The summed E-state index contributed by atoms with van der Waals surface area (Å²) in [5, 5.41) is 6.70. The van der Waals surface area contributed by atoms with Crippen molar-refractivity contribution >= 4 is 25.1 Å². The highest BCUT2D eigenvalue weighted by Crippen LogP contribution is 2.33. The van der Waals surface area contributed by atoms with Gasteiger partial charge in [0.25, 0.3) is 0 Å². The highest BCUT2D eigenvalue weighted by molar-refractivity contribution is 8.00. The van der Waals surface area contributed by atoms with Crippen LogP contribution in [0.2, 0.25) is 12.6 Å². The molecular formula is C16H31BN3OS. The van der Waals surface area contributed by atoms with Gasteiger partial charge >= 0.3 is 6.03 Å². The largest absolute Gasteiger partial charge is 0.332 e. The third-order valence-corrected chi connectivity index (χ3v) is 6.21. The van der Waals surface area contributed by atoms with Crippen LogP contribution < -0.4 is 16.4 Å². The maximum Gasteiger partial charge on any atom is 0.315 e. The second-order valence-corrected chi connectivity index (χ2v) is 7.81. The monoisotopic (exact) mass is 324 g/mol. The molecule has 0 spiro atoms. The van der Waals surface area contributed by atoms with E-state index >= 15 is 0 Å². The van der Waals surface area contributed by atoms with Gasteiger partial charge in [0.1, 0.15) is 7.28 Å². The Bertz CT molecular complexity index is 333. The molecule has 2 aliphatic heterocycles. The van der Waals surface area contributed by atoms with Gasteiger partial charge in [0.15, 0.2) is 0 Å². The van der Waals surface area contributed by atoms with Crippen LogP contribution in [0.3, 0.4) is 0 Å². The average molecular weight is 324 g/mol. The van der Waals surface area contributed by atoms with Crippen molar-refractivity contribution in [1.29, 1.82) is 0 Å². The molecule has 6 heteroatoms. The van der Waals surface area contributed by atoms with Crippen molar-refractivity contribution in [3.05, 3.63) is 0 Å². The highest BCUT2D eigenvalue weighted by Gasteiger charge is 2.42. The fraction of sp³-hybridized carbons (Fsp3) is 0.938. The average Bonchev–Trinajstić information content (AvgIpc) is 3.04. The predicted octanol–water partition coefficient (Wildman–Crippen LogP) is 2.77. The van der Waals surface area contributed by atoms with Crippen molar-refractivity contribution < 1.29 is 4.79 Å². The second kappa shape index (κ2) is 10.4. The molecule has 2 aliphatic rings. The molecule has 125 valence electrons.